The highest BCUT2D eigenvalue weighted by molar-refractivity contribution is 6.09. The molecule has 7 nitrogen and oxygen atoms in total. The van der Waals surface area contributed by atoms with Gasteiger partial charge in [0.25, 0.3) is 5.69 Å². The molecule has 0 fully saturated rings. The summed E-state index contributed by atoms with van der Waals surface area (Å²) in [7, 11) is 0. The fraction of sp³-hybridized carbons (Fsp3) is 0.292. The molecule has 2 aromatic rings. The van der Waals surface area contributed by atoms with Crippen LogP contribution in [0.3, 0.4) is 0 Å². The predicted octanol–water partition coefficient (Wildman–Crippen LogP) is 4.52. The minimum absolute atomic E-state index is 0.0763. The maximum atomic E-state index is 13.2. The van der Waals surface area contributed by atoms with Crippen molar-refractivity contribution in [1.29, 1.82) is 0 Å². The van der Waals surface area contributed by atoms with Crippen LogP contribution in [0.25, 0.3) is 0 Å². The lowest BCUT2D eigenvalue weighted by atomic mass is 9.71. The molecule has 1 aliphatic heterocycles. The fourth-order valence-corrected chi connectivity index (χ4v) is 4.38. The fourth-order valence-electron chi connectivity index (χ4n) is 4.38. The van der Waals surface area contributed by atoms with Gasteiger partial charge in [-0.3, -0.25) is 24.7 Å². The third-order valence-electron chi connectivity index (χ3n) is 5.78. The van der Waals surface area contributed by atoms with E-state index in [2.05, 4.69) is 4.99 Å². The van der Waals surface area contributed by atoms with E-state index in [0.717, 1.165) is 5.56 Å². The minimum atomic E-state index is -0.898. The molecule has 1 unspecified atom stereocenters. The summed E-state index contributed by atoms with van der Waals surface area (Å²) >= 11 is 0. The van der Waals surface area contributed by atoms with Crippen molar-refractivity contribution in [2.75, 3.05) is 0 Å². The van der Waals surface area contributed by atoms with Crippen LogP contribution in [0.1, 0.15) is 43.2 Å². The molecule has 4 rings (SSSR count). The zero-order valence-corrected chi connectivity index (χ0v) is 17.1. The molecule has 2 atom stereocenters. The summed E-state index contributed by atoms with van der Waals surface area (Å²) in [6, 6.07) is 15.5. The number of hydrogen-bond donors (Lipinski definition) is 0. The first-order valence-electron chi connectivity index (χ1n) is 10.2. The number of para-hydroxylation sites is 1. The van der Waals surface area contributed by atoms with Gasteiger partial charge in [0.15, 0.2) is 5.78 Å². The van der Waals surface area contributed by atoms with Gasteiger partial charge in [-0.2, -0.15) is 0 Å². The first-order valence-corrected chi connectivity index (χ1v) is 10.2. The molecular weight excluding hydrogens is 396 g/mol. The number of nitrogens with zero attached hydrogens (tertiary/aromatic N) is 2. The molecule has 0 saturated heterocycles. The van der Waals surface area contributed by atoms with E-state index in [1.807, 2.05) is 30.3 Å². The molecule has 0 spiro atoms. The van der Waals surface area contributed by atoms with Gasteiger partial charge in [0.1, 0.15) is 12.5 Å². The summed E-state index contributed by atoms with van der Waals surface area (Å²) in [5, 5.41) is 11.7. The lowest BCUT2D eigenvalue weighted by Crippen LogP contribution is -2.37. The molecule has 31 heavy (non-hydrogen) atoms. The number of benzene rings is 2. The molecule has 0 N–H and O–H groups in total. The highest BCUT2D eigenvalue weighted by Gasteiger charge is 2.45. The van der Waals surface area contributed by atoms with E-state index in [4.69, 9.17) is 4.74 Å². The minimum Gasteiger partial charge on any atom is -0.460 e. The first-order chi connectivity index (χ1) is 15.0. The maximum absolute atomic E-state index is 13.2. The number of carbonyl (C=O) groups is 2. The van der Waals surface area contributed by atoms with Crippen molar-refractivity contribution in [2.24, 2.45) is 10.9 Å². The van der Waals surface area contributed by atoms with Crippen molar-refractivity contribution in [3.63, 3.8) is 0 Å². The second-order valence-electron chi connectivity index (χ2n) is 7.75. The number of nitro benzene ring substituents is 1. The van der Waals surface area contributed by atoms with Gasteiger partial charge >= 0.3 is 5.97 Å². The second kappa shape index (κ2) is 8.63. The van der Waals surface area contributed by atoms with Gasteiger partial charge in [-0.25, -0.2) is 0 Å². The smallest absolute Gasteiger partial charge is 0.315 e. The molecule has 2 aromatic carbocycles. The monoisotopic (exact) mass is 418 g/mol. The Hall–Kier alpha value is -3.61. The van der Waals surface area contributed by atoms with Gasteiger partial charge in [-0.05, 0) is 25.3 Å². The van der Waals surface area contributed by atoms with Crippen molar-refractivity contribution in [3.8, 4) is 0 Å². The Morgan fingerprint density at radius 2 is 1.84 bits per heavy atom. The van der Waals surface area contributed by atoms with E-state index in [1.54, 1.807) is 25.1 Å². The van der Waals surface area contributed by atoms with Crippen LogP contribution in [0.4, 0.5) is 5.69 Å². The van der Waals surface area contributed by atoms with E-state index in [-0.39, 0.29) is 18.1 Å². The van der Waals surface area contributed by atoms with Crippen molar-refractivity contribution in [1.82, 2.24) is 0 Å². The molecule has 0 amide bonds. The zero-order valence-electron chi connectivity index (χ0n) is 17.1. The molecule has 0 aromatic heterocycles. The molecule has 0 saturated carbocycles. The molecule has 2 aliphatic rings. The van der Waals surface area contributed by atoms with Crippen LogP contribution < -0.4 is 0 Å². The number of hydrogen-bond acceptors (Lipinski definition) is 6. The molecule has 1 heterocycles. The number of esters is 1. The summed E-state index contributed by atoms with van der Waals surface area (Å²) < 4.78 is 5.58. The summed E-state index contributed by atoms with van der Waals surface area (Å²) in [5.74, 6) is -2.34. The summed E-state index contributed by atoms with van der Waals surface area (Å²) in [4.78, 5) is 41.9. The summed E-state index contributed by atoms with van der Waals surface area (Å²) in [6.45, 7) is 1.80. The Morgan fingerprint density at radius 1 is 1.13 bits per heavy atom. The third kappa shape index (κ3) is 4.03. The number of rotatable bonds is 5. The first kappa shape index (κ1) is 20.7. The summed E-state index contributed by atoms with van der Waals surface area (Å²) in [6.07, 6.45) is 1.64. The van der Waals surface area contributed by atoms with Gasteiger partial charge in [-0.15, -0.1) is 0 Å². The summed E-state index contributed by atoms with van der Waals surface area (Å²) in [5.41, 5.74) is 2.60. The predicted molar refractivity (Wildman–Crippen MR) is 115 cm³/mol. The van der Waals surface area contributed by atoms with Crippen molar-refractivity contribution < 1.29 is 19.2 Å². The Kier molecular flexibility index (Phi) is 5.75. The number of nitro groups is 1. The molecule has 7 heteroatoms. The molecule has 0 bridgehead atoms. The molecular formula is C24H22N2O5. The second-order valence-corrected chi connectivity index (χ2v) is 7.75. The highest BCUT2D eigenvalue weighted by atomic mass is 16.6. The number of Topliss-reactive ketones (excluding diaryl/α,β-unsaturated/α-hetero) is 1. The number of ketones is 1. The van der Waals surface area contributed by atoms with Gasteiger partial charge in [0.05, 0.1) is 4.92 Å². The largest absolute Gasteiger partial charge is 0.460 e. The Balaban J connectivity index is 1.77. The van der Waals surface area contributed by atoms with Crippen LogP contribution in [0.5, 0.6) is 0 Å². The zero-order chi connectivity index (χ0) is 22.0. The van der Waals surface area contributed by atoms with Gasteiger partial charge < -0.3 is 4.74 Å². The van der Waals surface area contributed by atoms with Crippen LogP contribution in [-0.2, 0) is 20.9 Å². The van der Waals surface area contributed by atoms with Gasteiger partial charge in [0, 0.05) is 41.0 Å². The van der Waals surface area contributed by atoms with E-state index in [1.165, 1.54) is 6.07 Å². The highest BCUT2D eigenvalue weighted by Crippen LogP contribution is 2.46. The van der Waals surface area contributed by atoms with Crippen molar-refractivity contribution >= 4 is 23.2 Å². The van der Waals surface area contributed by atoms with Crippen LogP contribution >= 0.6 is 0 Å². The van der Waals surface area contributed by atoms with Gasteiger partial charge in [0.2, 0.25) is 0 Å². The maximum Gasteiger partial charge on any atom is 0.315 e. The topological polar surface area (TPSA) is 98.9 Å². The lowest BCUT2D eigenvalue weighted by Gasteiger charge is -2.34. The number of aliphatic imine (C=N–C) groups is 1. The van der Waals surface area contributed by atoms with E-state index in [9.17, 15) is 19.7 Å². The van der Waals surface area contributed by atoms with E-state index >= 15 is 0 Å². The van der Waals surface area contributed by atoms with Crippen LogP contribution in [-0.4, -0.2) is 22.4 Å². The van der Waals surface area contributed by atoms with Crippen molar-refractivity contribution in [2.45, 2.75) is 38.7 Å². The average Bonchev–Trinajstić information content (AvgIpc) is 2.77. The van der Waals surface area contributed by atoms with Crippen molar-refractivity contribution in [3.05, 3.63) is 87.1 Å². The van der Waals surface area contributed by atoms with Crippen LogP contribution in [0.15, 0.2) is 70.9 Å². The normalized spacial score (nSPS) is 20.7. The number of allylic oxidation sites excluding steroid dienone is 2. The molecule has 1 aliphatic carbocycles. The molecule has 158 valence electrons. The quantitative estimate of drug-likeness (QED) is 0.404. The standard InChI is InChI=1S/C24H22N2O5/c1-15-21(24(28)31-14-16-8-3-2-4-9-16)22(17-10-5-6-12-19(17)26(29)30)23-18(25-15)11-7-13-20(23)27/h2-6,8-10,12,21-22H,7,11,13-14H2,1H3/t21?,22-/m0/s1. The lowest BCUT2D eigenvalue weighted by molar-refractivity contribution is -0.385. The molecule has 0 radical (unpaired) electrons. The number of ether oxygens (including phenoxy) is 1. The van der Waals surface area contributed by atoms with Crippen LogP contribution in [0, 0.1) is 16.0 Å². The van der Waals surface area contributed by atoms with E-state index < -0.39 is 22.7 Å². The number of carbonyl (C=O) groups excluding carboxylic acids is 2. The van der Waals surface area contributed by atoms with Gasteiger partial charge in [-0.1, -0.05) is 48.5 Å². The Bertz CT molecular complexity index is 1100. The van der Waals surface area contributed by atoms with Crippen LogP contribution in [0.2, 0.25) is 0 Å². The third-order valence-corrected chi connectivity index (χ3v) is 5.78. The Morgan fingerprint density at radius 3 is 2.58 bits per heavy atom. The Labute approximate surface area is 179 Å². The SMILES string of the molecule is CC1=NC2=C(C(=O)CCC2)[C@@H](c2ccccc2[N+](=O)[O-])C1C(=O)OCc1ccccc1. The average molecular weight is 418 g/mol. The van der Waals surface area contributed by atoms with E-state index in [0.29, 0.717) is 41.8 Å².